The number of thioether (sulfide) groups is 1. The molecule has 7 nitrogen and oxygen atoms in total. The molecule has 0 aromatic heterocycles. The number of nitro benzene ring substituents is 1. The fourth-order valence-electron chi connectivity index (χ4n) is 2.73. The molecule has 0 radical (unpaired) electrons. The van der Waals surface area contributed by atoms with E-state index in [0.29, 0.717) is 24.7 Å². The molecule has 0 N–H and O–H groups in total. The molecule has 1 heterocycles. The first-order chi connectivity index (χ1) is 12.4. The van der Waals surface area contributed by atoms with Crippen molar-refractivity contribution in [1.29, 1.82) is 0 Å². The minimum Gasteiger partial charge on any atom is -0.494 e. The Hall–Kier alpha value is -2.10. The van der Waals surface area contributed by atoms with E-state index in [-0.39, 0.29) is 10.6 Å². The monoisotopic (exact) mass is 394 g/mol. The van der Waals surface area contributed by atoms with Crippen molar-refractivity contribution in [2.24, 2.45) is 0 Å². The highest BCUT2D eigenvalue weighted by Gasteiger charge is 2.37. The van der Waals surface area contributed by atoms with Crippen LogP contribution >= 0.6 is 11.8 Å². The lowest BCUT2D eigenvalue weighted by atomic mass is 10.2. The second-order valence-corrected chi connectivity index (χ2v) is 8.67. The van der Waals surface area contributed by atoms with Gasteiger partial charge >= 0.3 is 0 Å². The van der Waals surface area contributed by atoms with Gasteiger partial charge in [-0.15, -0.1) is 11.8 Å². The molecule has 0 aliphatic carbocycles. The van der Waals surface area contributed by atoms with Crippen LogP contribution in [0.1, 0.15) is 17.9 Å². The number of non-ortho nitro benzene ring substituents is 1. The Kier molecular flexibility index (Phi) is 5.49. The van der Waals surface area contributed by atoms with Crippen LogP contribution in [0.2, 0.25) is 0 Å². The molecule has 0 spiro atoms. The number of hydrogen-bond donors (Lipinski definition) is 0. The predicted octanol–water partition coefficient (Wildman–Crippen LogP) is 3.43. The van der Waals surface area contributed by atoms with Gasteiger partial charge in [-0.3, -0.25) is 10.1 Å². The largest absolute Gasteiger partial charge is 0.494 e. The maximum Gasteiger partial charge on any atom is 0.269 e. The summed E-state index contributed by atoms with van der Waals surface area (Å²) in [5, 5.41) is 10.4. The zero-order valence-corrected chi connectivity index (χ0v) is 15.7. The second-order valence-electron chi connectivity index (χ2n) is 5.59. The van der Waals surface area contributed by atoms with Gasteiger partial charge in [0.05, 0.1) is 21.8 Å². The lowest BCUT2D eigenvalue weighted by molar-refractivity contribution is -0.384. The smallest absolute Gasteiger partial charge is 0.269 e. The minimum atomic E-state index is -3.67. The molecule has 26 heavy (non-hydrogen) atoms. The number of rotatable bonds is 6. The van der Waals surface area contributed by atoms with Gasteiger partial charge in [0, 0.05) is 24.4 Å². The molecule has 1 fully saturated rings. The van der Waals surface area contributed by atoms with Crippen molar-refractivity contribution in [3.05, 3.63) is 64.2 Å². The van der Waals surface area contributed by atoms with Crippen LogP contribution in [0.15, 0.2) is 53.4 Å². The average Bonchev–Trinajstić information content (AvgIpc) is 3.13. The van der Waals surface area contributed by atoms with Gasteiger partial charge in [-0.25, -0.2) is 8.42 Å². The summed E-state index contributed by atoms with van der Waals surface area (Å²) in [4.78, 5) is 10.5. The van der Waals surface area contributed by atoms with Crippen molar-refractivity contribution in [1.82, 2.24) is 4.31 Å². The number of nitro groups is 1. The third-order valence-electron chi connectivity index (χ3n) is 3.98. The highest BCUT2D eigenvalue weighted by atomic mass is 32.2. The molecule has 1 aliphatic heterocycles. The average molecular weight is 394 g/mol. The van der Waals surface area contributed by atoms with Crippen LogP contribution in [0.25, 0.3) is 0 Å². The van der Waals surface area contributed by atoms with Crippen molar-refractivity contribution in [2.45, 2.75) is 17.2 Å². The molecule has 2 aromatic rings. The van der Waals surface area contributed by atoms with E-state index in [9.17, 15) is 18.5 Å². The molecule has 0 bridgehead atoms. The Morgan fingerprint density at radius 1 is 1.19 bits per heavy atom. The molecule has 1 atom stereocenters. The molecular weight excluding hydrogens is 376 g/mol. The number of benzene rings is 2. The van der Waals surface area contributed by atoms with Gasteiger partial charge in [-0.1, -0.05) is 0 Å². The Bertz CT molecular complexity index is 882. The third kappa shape index (κ3) is 3.69. The number of hydrogen-bond acceptors (Lipinski definition) is 6. The minimum absolute atomic E-state index is 0.0160. The molecule has 2 aromatic carbocycles. The number of sulfonamides is 1. The van der Waals surface area contributed by atoms with E-state index >= 15 is 0 Å². The van der Waals surface area contributed by atoms with Crippen LogP contribution in [0.4, 0.5) is 5.69 Å². The summed E-state index contributed by atoms with van der Waals surface area (Å²) in [5.74, 6) is 1.28. The second kappa shape index (κ2) is 7.65. The zero-order chi connectivity index (χ0) is 18.7. The van der Waals surface area contributed by atoms with Crippen LogP contribution in [0, 0.1) is 10.1 Å². The van der Waals surface area contributed by atoms with Crippen molar-refractivity contribution >= 4 is 27.5 Å². The van der Waals surface area contributed by atoms with Crippen molar-refractivity contribution in [3.63, 3.8) is 0 Å². The Balaban J connectivity index is 1.87. The van der Waals surface area contributed by atoms with Crippen molar-refractivity contribution < 1.29 is 18.1 Å². The lowest BCUT2D eigenvalue weighted by Gasteiger charge is -2.23. The SMILES string of the molecule is CCOc1ccc(S(=O)(=O)N2CCS[C@@H]2c2ccc([N+](=O)[O-])cc2)cc1. The maximum atomic E-state index is 13.0. The molecule has 138 valence electrons. The van der Waals surface area contributed by atoms with Gasteiger partial charge in [0.2, 0.25) is 10.0 Å². The molecule has 9 heteroatoms. The van der Waals surface area contributed by atoms with Gasteiger partial charge in [0.15, 0.2) is 0 Å². The first-order valence-corrected chi connectivity index (χ1v) is 10.5. The molecule has 0 saturated carbocycles. The van der Waals surface area contributed by atoms with Gasteiger partial charge in [0.25, 0.3) is 5.69 Å². The Morgan fingerprint density at radius 2 is 1.85 bits per heavy atom. The normalized spacial score (nSPS) is 18.0. The van der Waals surface area contributed by atoms with Crippen LogP contribution in [-0.2, 0) is 10.0 Å². The topological polar surface area (TPSA) is 89.8 Å². The Labute approximate surface area is 156 Å². The van der Waals surface area contributed by atoms with E-state index in [1.54, 1.807) is 24.3 Å². The molecule has 3 rings (SSSR count). The maximum absolute atomic E-state index is 13.0. The standard InChI is InChI=1S/C17H18N2O5S2/c1-2-24-15-7-9-16(10-8-15)26(22,23)18-11-12-25-17(18)13-3-5-14(6-4-13)19(20)21/h3-10,17H,2,11-12H2,1H3/t17-/m1/s1. The van der Waals surface area contributed by atoms with Crippen molar-refractivity contribution in [3.8, 4) is 5.75 Å². The van der Waals surface area contributed by atoms with Crippen molar-refractivity contribution in [2.75, 3.05) is 18.9 Å². The van der Waals surface area contributed by atoms with Crippen LogP contribution in [-0.4, -0.2) is 36.6 Å². The van der Waals surface area contributed by atoms with Crippen LogP contribution < -0.4 is 4.74 Å². The zero-order valence-electron chi connectivity index (χ0n) is 14.1. The number of nitrogens with zero attached hydrogens (tertiary/aromatic N) is 2. The van der Waals surface area contributed by atoms with Crippen LogP contribution in [0.3, 0.4) is 0 Å². The van der Waals surface area contributed by atoms with E-state index in [2.05, 4.69) is 0 Å². The lowest BCUT2D eigenvalue weighted by Crippen LogP contribution is -2.30. The van der Waals surface area contributed by atoms with Gasteiger partial charge in [-0.2, -0.15) is 4.31 Å². The summed E-state index contributed by atoms with van der Waals surface area (Å²) in [6.07, 6.45) is 0. The summed E-state index contributed by atoms with van der Waals surface area (Å²) in [5.41, 5.74) is 0.713. The fraction of sp³-hybridized carbons (Fsp3) is 0.294. The molecule has 0 amide bonds. The van der Waals surface area contributed by atoms with E-state index in [1.807, 2.05) is 6.92 Å². The summed E-state index contributed by atoms with van der Waals surface area (Å²) in [6.45, 7) is 2.76. The predicted molar refractivity (Wildman–Crippen MR) is 99.8 cm³/mol. The third-order valence-corrected chi connectivity index (χ3v) is 7.25. The van der Waals surface area contributed by atoms with E-state index < -0.39 is 20.3 Å². The van der Waals surface area contributed by atoms with Gasteiger partial charge in [-0.05, 0) is 48.9 Å². The molecule has 1 saturated heterocycles. The van der Waals surface area contributed by atoms with E-state index in [1.165, 1.54) is 40.3 Å². The molecule has 1 aliphatic rings. The quantitative estimate of drug-likeness (QED) is 0.551. The van der Waals surface area contributed by atoms with E-state index in [0.717, 1.165) is 5.56 Å². The first kappa shape index (κ1) is 18.7. The fourth-order valence-corrected chi connectivity index (χ4v) is 5.97. The molecule has 0 unspecified atom stereocenters. The summed E-state index contributed by atoms with van der Waals surface area (Å²) in [7, 11) is -3.67. The van der Waals surface area contributed by atoms with Crippen LogP contribution in [0.5, 0.6) is 5.75 Å². The first-order valence-electron chi connectivity index (χ1n) is 8.04. The summed E-state index contributed by atoms with van der Waals surface area (Å²) < 4.78 is 32.8. The highest BCUT2D eigenvalue weighted by Crippen LogP contribution is 2.41. The highest BCUT2D eigenvalue weighted by molar-refractivity contribution is 8.01. The molecular formula is C17H18N2O5S2. The number of ether oxygens (including phenoxy) is 1. The Morgan fingerprint density at radius 3 is 2.42 bits per heavy atom. The van der Waals surface area contributed by atoms with E-state index in [4.69, 9.17) is 4.74 Å². The summed E-state index contributed by atoms with van der Waals surface area (Å²) >= 11 is 1.50. The van der Waals surface area contributed by atoms with Gasteiger partial charge in [0.1, 0.15) is 5.75 Å². The van der Waals surface area contributed by atoms with Gasteiger partial charge < -0.3 is 4.74 Å². The summed E-state index contributed by atoms with van der Waals surface area (Å²) in [6, 6.07) is 12.4.